The van der Waals surface area contributed by atoms with Gasteiger partial charge < -0.3 is 19.2 Å². The SMILES string of the molecule is CC(C)(C)NCc1ncc(-c2ccc3c(c2)OCCO3)o1. The fourth-order valence-corrected chi connectivity index (χ4v) is 2.06. The van der Waals surface area contributed by atoms with Crippen molar-refractivity contribution >= 4 is 0 Å². The first-order valence-corrected chi connectivity index (χ1v) is 7.11. The summed E-state index contributed by atoms with van der Waals surface area (Å²) in [7, 11) is 0. The Balaban J connectivity index is 1.77. The van der Waals surface area contributed by atoms with E-state index in [1.807, 2.05) is 18.2 Å². The molecule has 5 heteroatoms. The standard InChI is InChI=1S/C16H20N2O3/c1-16(2,3)18-10-15-17-9-14(21-15)11-4-5-12-13(8-11)20-7-6-19-12/h4-5,8-9,18H,6-7,10H2,1-3H3. The lowest BCUT2D eigenvalue weighted by Crippen LogP contribution is -2.35. The molecule has 0 unspecified atom stereocenters. The fraction of sp³-hybridized carbons (Fsp3) is 0.438. The maximum atomic E-state index is 5.79. The third-order valence-electron chi connectivity index (χ3n) is 3.15. The summed E-state index contributed by atoms with van der Waals surface area (Å²) in [5.74, 6) is 2.94. The molecule has 0 spiro atoms. The Morgan fingerprint density at radius 3 is 2.67 bits per heavy atom. The van der Waals surface area contributed by atoms with Gasteiger partial charge in [-0.05, 0) is 39.0 Å². The Bertz CT molecular complexity index is 629. The van der Waals surface area contributed by atoms with Crippen LogP contribution in [0.5, 0.6) is 11.5 Å². The van der Waals surface area contributed by atoms with Gasteiger partial charge in [0.15, 0.2) is 17.3 Å². The van der Waals surface area contributed by atoms with E-state index < -0.39 is 0 Å². The first-order chi connectivity index (χ1) is 10.0. The lowest BCUT2D eigenvalue weighted by Gasteiger charge is -2.19. The van der Waals surface area contributed by atoms with E-state index in [0.717, 1.165) is 22.8 Å². The summed E-state index contributed by atoms with van der Waals surface area (Å²) < 4.78 is 16.9. The van der Waals surface area contributed by atoms with Crippen molar-refractivity contribution in [3.63, 3.8) is 0 Å². The van der Waals surface area contributed by atoms with Crippen molar-refractivity contribution in [1.29, 1.82) is 0 Å². The van der Waals surface area contributed by atoms with E-state index in [4.69, 9.17) is 13.9 Å². The Morgan fingerprint density at radius 2 is 1.90 bits per heavy atom. The van der Waals surface area contributed by atoms with E-state index in [-0.39, 0.29) is 5.54 Å². The normalized spacial score (nSPS) is 14.2. The molecular formula is C16H20N2O3. The third kappa shape index (κ3) is 3.36. The van der Waals surface area contributed by atoms with Crippen LogP contribution in [0.25, 0.3) is 11.3 Å². The minimum atomic E-state index is 0.0334. The van der Waals surface area contributed by atoms with Crippen molar-refractivity contribution in [2.24, 2.45) is 0 Å². The highest BCUT2D eigenvalue weighted by atomic mass is 16.6. The minimum absolute atomic E-state index is 0.0334. The van der Waals surface area contributed by atoms with Crippen molar-refractivity contribution in [1.82, 2.24) is 10.3 Å². The van der Waals surface area contributed by atoms with Gasteiger partial charge in [-0.15, -0.1) is 0 Å². The molecule has 0 bridgehead atoms. The fourth-order valence-electron chi connectivity index (χ4n) is 2.06. The highest BCUT2D eigenvalue weighted by Gasteiger charge is 2.15. The number of rotatable bonds is 3. The Kier molecular flexibility index (Phi) is 3.59. The predicted molar refractivity (Wildman–Crippen MR) is 79.5 cm³/mol. The van der Waals surface area contributed by atoms with Gasteiger partial charge in [-0.25, -0.2) is 4.98 Å². The molecule has 0 radical (unpaired) electrons. The zero-order valence-corrected chi connectivity index (χ0v) is 12.6. The van der Waals surface area contributed by atoms with Crippen LogP contribution in [0.15, 0.2) is 28.8 Å². The second kappa shape index (κ2) is 5.41. The average Bonchev–Trinajstić information content (AvgIpc) is 2.93. The summed E-state index contributed by atoms with van der Waals surface area (Å²) >= 11 is 0. The Hall–Kier alpha value is -2.01. The molecule has 112 valence electrons. The van der Waals surface area contributed by atoms with Crippen LogP contribution < -0.4 is 14.8 Å². The zero-order valence-electron chi connectivity index (χ0n) is 12.6. The topological polar surface area (TPSA) is 56.5 Å². The molecule has 0 saturated carbocycles. The molecule has 1 aliphatic heterocycles. The van der Waals surface area contributed by atoms with Crippen LogP contribution in [0.2, 0.25) is 0 Å². The molecule has 5 nitrogen and oxygen atoms in total. The zero-order chi connectivity index (χ0) is 14.9. The van der Waals surface area contributed by atoms with Crippen molar-refractivity contribution in [3.05, 3.63) is 30.3 Å². The van der Waals surface area contributed by atoms with Crippen LogP contribution in [-0.4, -0.2) is 23.7 Å². The van der Waals surface area contributed by atoms with Crippen LogP contribution in [0.1, 0.15) is 26.7 Å². The van der Waals surface area contributed by atoms with Gasteiger partial charge >= 0.3 is 0 Å². The summed E-state index contributed by atoms with van der Waals surface area (Å²) in [5, 5.41) is 3.35. The van der Waals surface area contributed by atoms with Gasteiger partial charge in [0.1, 0.15) is 13.2 Å². The maximum Gasteiger partial charge on any atom is 0.208 e. The Labute approximate surface area is 124 Å². The van der Waals surface area contributed by atoms with E-state index in [2.05, 4.69) is 31.1 Å². The van der Waals surface area contributed by atoms with Gasteiger partial charge in [-0.3, -0.25) is 0 Å². The van der Waals surface area contributed by atoms with Gasteiger partial charge in [0.2, 0.25) is 5.89 Å². The van der Waals surface area contributed by atoms with Crippen molar-refractivity contribution < 1.29 is 13.9 Å². The van der Waals surface area contributed by atoms with Crippen LogP contribution in [-0.2, 0) is 6.54 Å². The average molecular weight is 288 g/mol. The first kappa shape index (κ1) is 13.9. The summed E-state index contributed by atoms with van der Waals surface area (Å²) in [6.45, 7) is 8.10. The van der Waals surface area contributed by atoms with E-state index in [9.17, 15) is 0 Å². The quantitative estimate of drug-likeness (QED) is 0.941. The van der Waals surface area contributed by atoms with E-state index in [1.165, 1.54) is 0 Å². The number of benzene rings is 1. The summed E-state index contributed by atoms with van der Waals surface area (Å²) in [5.41, 5.74) is 0.972. The number of hydrogen-bond donors (Lipinski definition) is 1. The van der Waals surface area contributed by atoms with Gasteiger partial charge in [-0.2, -0.15) is 0 Å². The number of aromatic nitrogens is 1. The molecule has 0 saturated heterocycles. The number of nitrogens with zero attached hydrogens (tertiary/aromatic N) is 1. The van der Waals surface area contributed by atoms with Gasteiger partial charge in [0.25, 0.3) is 0 Å². The van der Waals surface area contributed by atoms with Crippen molar-refractivity contribution in [2.75, 3.05) is 13.2 Å². The van der Waals surface area contributed by atoms with Gasteiger partial charge in [0, 0.05) is 11.1 Å². The van der Waals surface area contributed by atoms with Crippen molar-refractivity contribution in [2.45, 2.75) is 32.9 Å². The lowest BCUT2D eigenvalue weighted by molar-refractivity contribution is 0.171. The van der Waals surface area contributed by atoms with Gasteiger partial charge in [-0.1, -0.05) is 0 Å². The maximum absolute atomic E-state index is 5.79. The number of fused-ring (bicyclic) bond motifs is 1. The highest BCUT2D eigenvalue weighted by molar-refractivity contribution is 5.62. The molecule has 21 heavy (non-hydrogen) atoms. The monoisotopic (exact) mass is 288 g/mol. The summed E-state index contributed by atoms with van der Waals surface area (Å²) in [4.78, 5) is 4.31. The second-order valence-corrected chi connectivity index (χ2v) is 6.08. The number of hydrogen-bond acceptors (Lipinski definition) is 5. The summed E-state index contributed by atoms with van der Waals surface area (Å²) in [6, 6.07) is 5.78. The molecule has 1 aliphatic rings. The molecule has 0 amide bonds. The predicted octanol–water partition coefficient (Wildman–Crippen LogP) is 3.00. The molecule has 1 aromatic carbocycles. The number of oxazole rings is 1. The lowest BCUT2D eigenvalue weighted by atomic mass is 10.1. The molecule has 1 aromatic heterocycles. The van der Waals surface area contributed by atoms with E-state index in [0.29, 0.717) is 25.6 Å². The largest absolute Gasteiger partial charge is 0.486 e. The van der Waals surface area contributed by atoms with Crippen LogP contribution in [0.3, 0.4) is 0 Å². The third-order valence-corrected chi connectivity index (χ3v) is 3.15. The van der Waals surface area contributed by atoms with Crippen LogP contribution >= 0.6 is 0 Å². The minimum Gasteiger partial charge on any atom is -0.486 e. The van der Waals surface area contributed by atoms with Crippen LogP contribution in [0.4, 0.5) is 0 Å². The molecule has 2 aromatic rings. The van der Waals surface area contributed by atoms with Gasteiger partial charge in [0.05, 0.1) is 12.7 Å². The molecule has 3 rings (SSSR count). The summed E-state index contributed by atoms with van der Waals surface area (Å²) in [6.07, 6.45) is 1.74. The second-order valence-electron chi connectivity index (χ2n) is 6.08. The number of ether oxygens (including phenoxy) is 2. The smallest absolute Gasteiger partial charge is 0.208 e. The molecule has 0 fully saturated rings. The van der Waals surface area contributed by atoms with E-state index >= 15 is 0 Å². The molecule has 1 N–H and O–H groups in total. The van der Waals surface area contributed by atoms with Crippen molar-refractivity contribution in [3.8, 4) is 22.8 Å². The number of nitrogens with one attached hydrogen (secondary N) is 1. The Morgan fingerprint density at radius 1 is 1.14 bits per heavy atom. The molecule has 0 aliphatic carbocycles. The van der Waals surface area contributed by atoms with Crippen LogP contribution in [0, 0.1) is 0 Å². The molecule has 0 atom stereocenters. The first-order valence-electron chi connectivity index (χ1n) is 7.11. The highest BCUT2D eigenvalue weighted by Crippen LogP contribution is 2.34. The molecule has 2 heterocycles. The van der Waals surface area contributed by atoms with E-state index in [1.54, 1.807) is 6.20 Å². The molecular weight excluding hydrogens is 268 g/mol.